The van der Waals surface area contributed by atoms with E-state index in [1.807, 2.05) is 60.7 Å². The van der Waals surface area contributed by atoms with Gasteiger partial charge >= 0.3 is 5.97 Å². The number of anilines is 1. The van der Waals surface area contributed by atoms with Gasteiger partial charge < -0.3 is 15.4 Å². The Hall–Kier alpha value is -3.93. The highest BCUT2D eigenvalue weighted by Crippen LogP contribution is 2.18. The van der Waals surface area contributed by atoms with E-state index < -0.39 is 5.97 Å². The van der Waals surface area contributed by atoms with E-state index in [4.69, 9.17) is 4.74 Å². The summed E-state index contributed by atoms with van der Waals surface area (Å²) < 4.78 is 5.16. The molecule has 0 unspecified atom stereocenters. The van der Waals surface area contributed by atoms with Crippen LogP contribution in [-0.4, -0.2) is 24.4 Å². The van der Waals surface area contributed by atoms with Crippen LogP contribution in [0.3, 0.4) is 0 Å². The summed E-state index contributed by atoms with van der Waals surface area (Å²) in [5.41, 5.74) is 2.94. The van der Waals surface area contributed by atoms with E-state index in [9.17, 15) is 14.4 Å². The molecule has 0 aliphatic heterocycles. The number of carbonyl (C=O) groups excluding carboxylic acids is 3. The molecule has 0 aliphatic carbocycles. The third-order valence-electron chi connectivity index (χ3n) is 4.60. The van der Waals surface area contributed by atoms with Gasteiger partial charge in [-0.3, -0.25) is 9.59 Å². The molecule has 0 spiro atoms. The fraction of sp³-hybridized carbons (Fsp3) is 0.160. The van der Waals surface area contributed by atoms with Gasteiger partial charge in [0.2, 0.25) is 5.91 Å². The van der Waals surface area contributed by atoms with Gasteiger partial charge in [0.25, 0.3) is 5.91 Å². The second kappa shape index (κ2) is 10.7. The van der Waals surface area contributed by atoms with Crippen molar-refractivity contribution in [3.05, 3.63) is 102 Å². The first-order chi connectivity index (χ1) is 15.0. The van der Waals surface area contributed by atoms with Crippen LogP contribution in [0.5, 0.6) is 0 Å². The SMILES string of the molecule is CC(=O)Nc1ccc(C(=O)OCC(=O)N[C@@H](Cc2ccccc2)c2ccccc2)cc1. The van der Waals surface area contributed by atoms with Crippen molar-refractivity contribution < 1.29 is 19.1 Å². The second-order valence-electron chi connectivity index (χ2n) is 7.06. The van der Waals surface area contributed by atoms with Crippen molar-refractivity contribution in [3.8, 4) is 0 Å². The molecule has 0 aromatic heterocycles. The summed E-state index contributed by atoms with van der Waals surface area (Å²) in [7, 11) is 0. The molecule has 0 saturated carbocycles. The van der Waals surface area contributed by atoms with Crippen molar-refractivity contribution in [1.29, 1.82) is 0 Å². The van der Waals surface area contributed by atoms with Gasteiger partial charge in [0.05, 0.1) is 11.6 Å². The standard InChI is InChI=1S/C25H24N2O4/c1-18(28)26-22-14-12-21(13-15-22)25(30)31-17-24(29)27-23(20-10-6-3-7-11-20)16-19-8-4-2-5-9-19/h2-15,23H,16-17H2,1H3,(H,26,28)(H,27,29)/t23-/m0/s1. The smallest absolute Gasteiger partial charge is 0.338 e. The lowest BCUT2D eigenvalue weighted by atomic mass is 9.99. The van der Waals surface area contributed by atoms with Crippen LogP contribution < -0.4 is 10.6 Å². The number of hydrogen-bond acceptors (Lipinski definition) is 4. The minimum absolute atomic E-state index is 0.199. The molecule has 158 valence electrons. The quantitative estimate of drug-likeness (QED) is 0.546. The van der Waals surface area contributed by atoms with Gasteiger partial charge in [-0.15, -0.1) is 0 Å². The zero-order valence-electron chi connectivity index (χ0n) is 17.2. The number of amides is 2. The number of nitrogens with one attached hydrogen (secondary N) is 2. The first kappa shape index (κ1) is 21.8. The molecule has 6 heteroatoms. The molecule has 3 rings (SSSR count). The van der Waals surface area contributed by atoms with Crippen LogP contribution in [0.4, 0.5) is 5.69 Å². The highest BCUT2D eigenvalue weighted by molar-refractivity contribution is 5.93. The fourth-order valence-electron chi connectivity index (χ4n) is 3.13. The maximum absolute atomic E-state index is 12.5. The van der Waals surface area contributed by atoms with E-state index in [1.165, 1.54) is 19.1 Å². The molecule has 0 aliphatic rings. The zero-order valence-corrected chi connectivity index (χ0v) is 17.2. The Bertz CT molecular complexity index is 1020. The Kier molecular flexibility index (Phi) is 7.54. The molecule has 31 heavy (non-hydrogen) atoms. The normalized spacial score (nSPS) is 11.3. The zero-order chi connectivity index (χ0) is 22.1. The fourth-order valence-corrected chi connectivity index (χ4v) is 3.13. The van der Waals surface area contributed by atoms with E-state index in [-0.39, 0.29) is 24.5 Å². The molecule has 2 amide bonds. The van der Waals surface area contributed by atoms with Gasteiger partial charge in [-0.25, -0.2) is 4.79 Å². The molecule has 3 aromatic rings. The van der Waals surface area contributed by atoms with E-state index in [1.54, 1.807) is 12.1 Å². The molecular formula is C25H24N2O4. The molecule has 0 fully saturated rings. The van der Waals surface area contributed by atoms with Crippen LogP contribution in [0.15, 0.2) is 84.9 Å². The van der Waals surface area contributed by atoms with Crippen LogP contribution in [0.25, 0.3) is 0 Å². The molecule has 3 aromatic carbocycles. The minimum Gasteiger partial charge on any atom is -0.452 e. The van der Waals surface area contributed by atoms with Crippen LogP contribution in [0.2, 0.25) is 0 Å². The molecular weight excluding hydrogens is 392 g/mol. The van der Waals surface area contributed by atoms with Crippen LogP contribution in [0, 0.1) is 0 Å². The van der Waals surface area contributed by atoms with E-state index in [0.29, 0.717) is 17.7 Å². The maximum atomic E-state index is 12.5. The average Bonchev–Trinajstić information content (AvgIpc) is 2.78. The topological polar surface area (TPSA) is 84.5 Å². The third kappa shape index (κ3) is 6.82. The lowest BCUT2D eigenvalue weighted by Crippen LogP contribution is -2.33. The second-order valence-corrected chi connectivity index (χ2v) is 7.06. The Morgan fingerprint density at radius 1 is 0.839 bits per heavy atom. The van der Waals surface area contributed by atoms with E-state index in [2.05, 4.69) is 10.6 Å². The first-order valence-corrected chi connectivity index (χ1v) is 9.94. The van der Waals surface area contributed by atoms with E-state index >= 15 is 0 Å². The summed E-state index contributed by atoms with van der Waals surface area (Å²) >= 11 is 0. The van der Waals surface area contributed by atoms with Crippen molar-refractivity contribution in [2.45, 2.75) is 19.4 Å². The Labute approximate surface area is 181 Å². The molecule has 0 saturated heterocycles. The summed E-state index contributed by atoms with van der Waals surface area (Å²) in [6.07, 6.45) is 0.620. The van der Waals surface area contributed by atoms with Crippen molar-refractivity contribution in [2.75, 3.05) is 11.9 Å². The Balaban J connectivity index is 1.59. The van der Waals surface area contributed by atoms with Gasteiger partial charge in [-0.2, -0.15) is 0 Å². The number of benzene rings is 3. The lowest BCUT2D eigenvalue weighted by molar-refractivity contribution is -0.125. The molecule has 2 N–H and O–H groups in total. The minimum atomic E-state index is -0.608. The predicted molar refractivity (Wildman–Crippen MR) is 118 cm³/mol. The highest BCUT2D eigenvalue weighted by atomic mass is 16.5. The number of hydrogen-bond donors (Lipinski definition) is 2. The van der Waals surface area contributed by atoms with Gasteiger partial charge in [0.1, 0.15) is 0 Å². The van der Waals surface area contributed by atoms with Gasteiger partial charge in [0.15, 0.2) is 6.61 Å². The summed E-state index contributed by atoms with van der Waals surface area (Å²) in [4.78, 5) is 35.8. The molecule has 0 bridgehead atoms. The van der Waals surface area contributed by atoms with Crippen LogP contribution in [0.1, 0.15) is 34.5 Å². The average molecular weight is 416 g/mol. The molecule has 0 radical (unpaired) electrons. The summed E-state index contributed by atoms with van der Waals surface area (Å²) in [6, 6.07) is 25.6. The monoisotopic (exact) mass is 416 g/mol. The van der Waals surface area contributed by atoms with Crippen molar-refractivity contribution in [1.82, 2.24) is 5.32 Å². The van der Waals surface area contributed by atoms with Gasteiger partial charge in [0, 0.05) is 12.6 Å². The molecule has 0 heterocycles. The lowest BCUT2D eigenvalue weighted by Gasteiger charge is -2.19. The maximum Gasteiger partial charge on any atom is 0.338 e. The predicted octanol–water partition coefficient (Wildman–Crippen LogP) is 3.90. The Morgan fingerprint density at radius 3 is 2.06 bits per heavy atom. The number of carbonyl (C=O) groups is 3. The number of rotatable bonds is 8. The number of ether oxygens (including phenoxy) is 1. The Morgan fingerprint density at radius 2 is 1.45 bits per heavy atom. The summed E-state index contributed by atoms with van der Waals surface area (Å²) in [5.74, 6) is -1.19. The van der Waals surface area contributed by atoms with Crippen molar-refractivity contribution in [2.24, 2.45) is 0 Å². The number of esters is 1. The molecule has 6 nitrogen and oxygen atoms in total. The third-order valence-corrected chi connectivity index (χ3v) is 4.60. The highest BCUT2D eigenvalue weighted by Gasteiger charge is 2.17. The van der Waals surface area contributed by atoms with E-state index in [0.717, 1.165) is 11.1 Å². The van der Waals surface area contributed by atoms with Crippen molar-refractivity contribution in [3.63, 3.8) is 0 Å². The van der Waals surface area contributed by atoms with Crippen LogP contribution in [-0.2, 0) is 20.7 Å². The van der Waals surface area contributed by atoms with Crippen molar-refractivity contribution >= 4 is 23.5 Å². The first-order valence-electron chi connectivity index (χ1n) is 9.94. The van der Waals surface area contributed by atoms with Crippen LogP contribution >= 0.6 is 0 Å². The summed E-state index contributed by atoms with van der Waals surface area (Å²) in [6.45, 7) is 1.02. The largest absolute Gasteiger partial charge is 0.452 e. The molecule has 1 atom stereocenters. The van der Waals surface area contributed by atoms with Gasteiger partial charge in [-0.05, 0) is 41.8 Å². The van der Waals surface area contributed by atoms with Gasteiger partial charge in [-0.1, -0.05) is 60.7 Å². The summed E-state index contributed by atoms with van der Waals surface area (Å²) in [5, 5.41) is 5.58.